The van der Waals surface area contributed by atoms with Gasteiger partial charge in [0.1, 0.15) is 11.9 Å². The van der Waals surface area contributed by atoms with Crippen LogP contribution < -0.4 is 10.5 Å². The summed E-state index contributed by atoms with van der Waals surface area (Å²) in [6.07, 6.45) is -3.80. The summed E-state index contributed by atoms with van der Waals surface area (Å²) in [7, 11) is 0. The van der Waals surface area contributed by atoms with E-state index in [9.17, 15) is 18.0 Å². The maximum absolute atomic E-state index is 12.6. The lowest BCUT2D eigenvalue weighted by Crippen LogP contribution is -2.20. The van der Waals surface area contributed by atoms with E-state index in [-0.39, 0.29) is 5.75 Å². The highest BCUT2D eigenvalue weighted by atomic mass is 19.4. The number of nitrogens with two attached hydrogens (primary N) is 1. The van der Waals surface area contributed by atoms with Crippen LogP contribution in [0.3, 0.4) is 0 Å². The molecule has 1 amide bonds. The Morgan fingerprint density at radius 2 is 1.92 bits per heavy atom. The predicted molar refractivity (Wildman–Crippen MR) is 84.9 cm³/mol. The summed E-state index contributed by atoms with van der Waals surface area (Å²) in [4.78, 5) is 11.0. The number of amides is 1. The summed E-state index contributed by atoms with van der Waals surface area (Å²) >= 11 is 0. The molecule has 0 saturated carbocycles. The Kier molecular flexibility index (Phi) is 4.57. The van der Waals surface area contributed by atoms with Crippen molar-refractivity contribution in [1.82, 2.24) is 0 Å². The average molecular weight is 351 g/mol. The van der Waals surface area contributed by atoms with Crippen molar-refractivity contribution in [2.45, 2.75) is 31.7 Å². The highest BCUT2D eigenvalue weighted by molar-refractivity contribution is 5.72. The van der Waals surface area contributed by atoms with Crippen molar-refractivity contribution in [2.75, 3.05) is 0 Å². The molecule has 0 bridgehead atoms. The van der Waals surface area contributed by atoms with Crippen molar-refractivity contribution in [3.63, 3.8) is 0 Å². The van der Waals surface area contributed by atoms with Crippen LogP contribution in [0.2, 0.25) is 0 Å². The van der Waals surface area contributed by atoms with Crippen LogP contribution in [0.5, 0.6) is 5.75 Å². The van der Waals surface area contributed by atoms with Gasteiger partial charge in [-0.1, -0.05) is 36.4 Å². The molecule has 1 aliphatic carbocycles. The fraction of sp³-hybridized carbons (Fsp3) is 0.278. The average Bonchev–Trinajstić information content (AvgIpc) is 2.53. The first kappa shape index (κ1) is 17.1. The highest BCUT2D eigenvalue weighted by Gasteiger charge is 2.32. The molecular formula is C18H16F3NO3. The molecule has 0 aliphatic heterocycles. The molecule has 0 aromatic heterocycles. The van der Waals surface area contributed by atoms with E-state index in [1.54, 1.807) is 24.3 Å². The Hall–Kier alpha value is -2.70. The van der Waals surface area contributed by atoms with E-state index in [1.165, 1.54) is 12.1 Å². The molecule has 132 valence electrons. The summed E-state index contributed by atoms with van der Waals surface area (Å²) in [6.45, 7) is 0. The second kappa shape index (κ2) is 6.66. The SMILES string of the molecule is NC(=O)OC1CCCc2cc(-c3ccccc3OC(F)(F)F)ccc21. The van der Waals surface area contributed by atoms with Crippen molar-refractivity contribution >= 4 is 6.09 Å². The molecule has 2 aromatic rings. The predicted octanol–water partition coefficient (Wildman–Crippen LogP) is 4.72. The summed E-state index contributed by atoms with van der Waals surface area (Å²) in [5, 5.41) is 0. The van der Waals surface area contributed by atoms with Crippen molar-refractivity contribution in [3.05, 3.63) is 53.6 Å². The number of halogens is 3. The third kappa shape index (κ3) is 4.04. The number of hydrogen-bond acceptors (Lipinski definition) is 3. The van der Waals surface area contributed by atoms with Crippen LogP contribution in [0, 0.1) is 0 Å². The molecule has 1 atom stereocenters. The molecule has 2 N–H and O–H groups in total. The van der Waals surface area contributed by atoms with E-state index in [0.29, 0.717) is 17.5 Å². The second-order valence-corrected chi connectivity index (χ2v) is 5.78. The largest absolute Gasteiger partial charge is 0.573 e. The molecule has 0 fully saturated rings. The minimum absolute atomic E-state index is 0.254. The molecule has 0 heterocycles. The van der Waals surface area contributed by atoms with Crippen LogP contribution in [0.15, 0.2) is 42.5 Å². The zero-order valence-corrected chi connectivity index (χ0v) is 13.2. The van der Waals surface area contributed by atoms with Gasteiger partial charge >= 0.3 is 12.5 Å². The molecule has 3 rings (SSSR count). The molecule has 4 nitrogen and oxygen atoms in total. The molecule has 1 aliphatic rings. The molecule has 0 saturated heterocycles. The van der Waals surface area contributed by atoms with E-state index >= 15 is 0 Å². The number of para-hydroxylation sites is 1. The molecular weight excluding hydrogens is 335 g/mol. The van der Waals surface area contributed by atoms with Crippen molar-refractivity contribution in [3.8, 4) is 16.9 Å². The van der Waals surface area contributed by atoms with Gasteiger partial charge in [-0.05, 0) is 42.0 Å². The van der Waals surface area contributed by atoms with Crippen LogP contribution in [-0.2, 0) is 11.2 Å². The maximum atomic E-state index is 12.6. The van der Waals surface area contributed by atoms with Gasteiger partial charge in [0.2, 0.25) is 0 Å². The zero-order chi connectivity index (χ0) is 18.0. The maximum Gasteiger partial charge on any atom is 0.573 e. The second-order valence-electron chi connectivity index (χ2n) is 5.78. The molecule has 7 heteroatoms. The first-order chi connectivity index (χ1) is 11.8. The standard InChI is InChI=1S/C18H16F3NO3/c19-18(20,21)25-16-6-2-1-5-13(16)12-8-9-14-11(10-12)4-3-7-15(14)24-17(22)23/h1-2,5-6,8-10,15H,3-4,7H2,(H2,22,23). The van der Waals surface area contributed by atoms with Crippen molar-refractivity contribution < 1.29 is 27.4 Å². The van der Waals surface area contributed by atoms with Gasteiger partial charge in [0.15, 0.2) is 0 Å². The number of ether oxygens (including phenoxy) is 2. The number of carbonyl (C=O) groups is 1. The van der Waals surface area contributed by atoms with Crippen LogP contribution in [0.1, 0.15) is 30.1 Å². The van der Waals surface area contributed by atoms with Crippen molar-refractivity contribution in [2.24, 2.45) is 5.73 Å². The quantitative estimate of drug-likeness (QED) is 0.870. The number of alkyl halides is 3. The van der Waals surface area contributed by atoms with Gasteiger partial charge in [0, 0.05) is 5.56 Å². The topological polar surface area (TPSA) is 61.6 Å². The fourth-order valence-corrected chi connectivity index (χ4v) is 3.12. The van der Waals surface area contributed by atoms with Crippen molar-refractivity contribution in [1.29, 1.82) is 0 Å². The van der Waals surface area contributed by atoms with Crippen LogP contribution in [-0.4, -0.2) is 12.5 Å². The summed E-state index contributed by atoms with van der Waals surface area (Å²) in [6, 6.07) is 11.3. The minimum Gasteiger partial charge on any atom is -0.442 e. The number of aryl methyl sites for hydroxylation is 1. The number of benzene rings is 2. The van der Waals surface area contributed by atoms with E-state index in [4.69, 9.17) is 10.5 Å². The highest BCUT2D eigenvalue weighted by Crippen LogP contribution is 2.38. The smallest absolute Gasteiger partial charge is 0.442 e. The Labute approximate surface area is 142 Å². The molecule has 0 spiro atoms. The number of rotatable bonds is 3. The van der Waals surface area contributed by atoms with E-state index in [1.807, 2.05) is 6.07 Å². The Morgan fingerprint density at radius 1 is 1.16 bits per heavy atom. The van der Waals surface area contributed by atoms with Crippen LogP contribution >= 0.6 is 0 Å². The Balaban J connectivity index is 1.97. The zero-order valence-electron chi connectivity index (χ0n) is 13.2. The van der Waals surface area contributed by atoms with E-state index in [0.717, 1.165) is 24.0 Å². The first-order valence-corrected chi connectivity index (χ1v) is 7.77. The fourth-order valence-electron chi connectivity index (χ4n) is 3.12. The first-order valence-electron chi connectivity index (χ1n) is 7.77. The molecule has 25 heavy (non-hydrogen) atoms. The lowest BCUT2D eigenvalue weighted by molar-refractivity contribution is -0.274. The Bertz CT molecular complexity index is 789. The van der Waals surface area contributed by atoms with Gasteiger partial charge < -0.3 is 15.2 Å². The van der Waals surface area contributed by atoms with E-state index < -0.39 is 18.6 Å². The number of hydrogen-bond donors (Lipinski definition) is 1. The molecule has 0 radical (unpaired) electrons. The molecule has 1 unspecified atom stereocenters. The summed E-state index contributed by atoms with van der Waals surface area (Å²) < 4.78 is 47.0. The van der Waals surface area contributed by atoms with Gasteiger partial charge in [0.25, 0.3) is 0 Å². The summed E-state index contributed by atoms with van der Waals surface area (Å²) in [5.74, 6) is -0.254. The van der Waals surface area contributed by atoms with Gasteiger partial charge in [-0.2, -0.15) is 0 Å². The normalized spacial score (nSPS) is 16.8. The van der Waals surface area contributed by atoms with Crippen LogP contribution in [0.4, 0.5) is 18.0 Å². The Morgan fingerprint density at radius 3 is 2.64 bits per heavy atom. The van der Waals surface area contributed by atoms with Gasteiger partial charge in [0.05, 0.1) is 0 Å². The van der Waals surface area contributed by atoms with Crippen LogP contribution in [0.25, 0.3) is 11.1 Å². The van der Waals surface area contributed by atoms with Gasteiger partial charge in [-0.3, -0.25) is 0 Å². The number of primary amides is 1. The monoisotopic (exact) mass is 351 g/mol. The lowest BCUT2D eigenvalue weighted by atomic mass is 9.87. The lowest BCUT2D eigenvalue weighted by Gasteiger charge is -2.25. The number of carbonyl (C=O) groups excluding carboxylic acids is 1. The third-order valence-corrected chi connectivity index (χ3v) is 4.08. The third-order valence-electron chi connectivity index (χ3n) is 4.08. The summed E-state index contributed by atoms with van der Waals surface area (Å²) in [5.41, 5.74) is 7.82. The number of fused-ring (bicyclic) bond motifs is 1. The van der Waals surface area contributed by atoms with E-state index in [2.05, 4.69) is 4.74 Å². The van der Waals surface area contributed by atoms with Gasteiger partial charge in [-0.25, -0.2) is 4.79 Å². The molecule has 2 aromatic carbocycles. The van der Waals surface area contributed by atoms with Gasteiger partial charge in [-0.15, -0.1) is 13.2 Å². The minimum atomic E-state index is -4.76.